The number of carbonyl (C=O) groups excluding carboxylic acids is 1. The van der Waals surface area contributed by atoms with Crippen molar-refractivity contribution in [1.82, 2.24) is 10.2 Å². The summed E-state index contributed by atoms with van der Waals surface area (Å²) in [5, 5.41) is 3.01. The average molecular weight is 383 g/mol. The molecule has 2 aromatic carbocycles. The van der Waals surface area contributed by atoms with Gasteiger partial charge < -0.3 is 14.8 Å². The highest BCUT2D eigenvalue weighted by molar-refractivity contribution is 5.77. The second-order valence-corrected chi connectivity index (χ2v) is 7.25. The fourth-order valence-electron chi connectivity index (χ4n) is 3.51. The third-order valence-electron chi connectivity index (χ3n) is 4.91. The molecule has 5 nitrogen and oxygen atoms in total. The minimum Gasteiger partial charge on any atom is -0.491 e. The molecular weight excluding hydrogens is 352 g/mol. The van der Waals surface area contributed by atoms with Crippen LogP contribution in [0.4, 0.5) is 0 Å². The maximum absolute atomic E-state index is 12.0. The lowest BCUT2D eigenvalue weighted by atomic mass is 9.97. The van der Waals surface area contributed by atoms with Crippen molar-refractivity contribution in [3.63, 3.8) is 0 Å². The number of amides is 1. The van der Waals surface area contributed by atoms with E-state index in [1.165, 1.54) is 12.0 Å². The van der Waals surface area contributed by atoms with E-state index in [4.69, 9.17) is 9.47 Å². The fraction of sp³-hybridized carbons (Fsp3) is 0.435. The SMILES string of the molecule is O=C(COCCOc1ccccc1)NCC1CCCN(Cc2ccccc2)C1. The van der Waals surface area contributed by atoms with E-state index in [9.17, 15) is 4.79 Å². The highest BCUT2D eigenvalue weighted by atomic mass is 16.5. The van der Waals surface area contributed by atoms with Crippen LogP contribution in [0.25, 0.3) is 0 Å². The number of nitrogens with one attached hydrogen (secondary N) is 1. The molecule has 0 radical (unpaired) electrons. The fourth-order valence-corrected chi connectivity index (χ4v) is 3.51. The molecule has 150 valence electrons. The molecule has 0 bridgehead atoms. The lowest BCUT2D eigenvalue weighted by Crippen LogP contribution is -2.41. The molecule has 1 aliphatic rings. The third kappa shape index (κ3) is 7.33. The first kappa shape index (κ1) is 20.4. The van der Waals surface area contributed by atoms with Gasteiger partial charge in [0, 0.05) is 19.6 Å². The molecular formula is C23H30N2O3. The summed E-state index contributed by atoms with van der Waals surface area (Å²) in [6, 6.07) is 20.2. The van der Waals surface area contributed by atoms with Crippen molar-refractivity contribution >= 4 is 5.91 Å². The van der Waals surface area contributed by atoms with Crippen molar-refractivity contribution in [3.8, 4) is 5.75 Å². The molecule has 0 saturated carbocycles. The van der Waals surface area contributed by atoms with Crippen LogP contribution < -0.4 is 10.1 Å². The summed E-state index contributed by atoms with van der Waals surface area (Å²) >= 11 is 0. The maximum Gasteiger partial charge on any atom is 0.246 e. The normalized spacial score (nSPS) is 17.2. The Morgan fingerprint density at radius 2 is 1.79 bits per heavy atom. The van der Waals surface area contributed by atoms with E-state index in [1.807, 2.05) is 36.4 Å². The van der Waals surface area contributed by atoms with E-state index in [1.54, 1.807) is 0 Å². The van der Waals surface area contributed by atoms with Gasteiger partial charge in [-0.1, -0.05) is 48.5 Å². The van der Waals surface area contributed by atoms with Crippen LogP contribution in [0.3, 0.4) is 0 Å². The summed E-state index contributed by atoms with van der Waals surface area (Å²) in [5.74, 6) is 1.26. The van der Waals surface area contributed by atoms with Crippen molar-refractivity contribution in [2.75, 3.05) is 39.5 Å². The van der Waals surface area contributed by atoms with Crippen LogP contribution in [0.15, 0.2) is 60.7 Å². The van der Waals surface area contributed by atoms with Gasteiger partial charge in [-0.15, -0.1) is 0 Å². The van der Waals surface area contributed by atoms with Crippen LogP contribution in [0.1, 0.15) is 18.4 Å². The second-order valence-electron chi connectivity index (χ2n) is 7.25. The number of likely N-dealkylation sites (tertiary alicyclic amines) is 1. The predicted octanol–water partition coefficient (Wildman–Crippen LogP) is 3.11. The molecule has 3 rings (SSSR count). The standard InChI is InChI=1S/C23H30N2O3/c26-23(19-27-14-15-28-22-11-5-2-6-12-22)24-16-21-10-7-13-25(18-21)17-20-8-3-1-4-9-20/h1-6,8-9,11-12,21H,7,10,13-19H2,(H,24,26). The summed E-state index contributed by atoms with van der Waals surface area (Å²) in [6.45, 7) is 4.78. The number of rotatable bonds is 10. The first-order chi connectivity index (χ1) is 13.8. The number of hydrogen-bond acceptors (Lipinski definition) is 4. The van der Waals surface area contributed by atoms with E-state index in [-0.39, 0.29) is 12.5 Å². The minimum absolute atomic E-state index is 0.0557. The van der Waals surface area contributed by atoms with Crippen LogP contribution in [-0.2, 0) is 16.1 Å². The van der Waals surface area contributed by atoms with E-state index in [0.29, 0.717) is 25.7 Å². The first-order valence-electron chi connectivity index (χ1n) is 10.1. The first-order valence-corrected chi connectivity index (χ1v) is 10.1. The zero-order valence-electron chi connectivity index (χ0n) is 16.4. The number of hydrogen-bond donors (Lipinski definition) is 1. The molecule has 1 unspecified atom stereocenters. The Hall–Kier alpha value is -2.37. The highest BCUT2D eigenvalue weighted by Crippen LogP contribution is 2.18. The van der Waals surface area contributed by atoms with Crippen LogP contribution in [0, 0.1) is 5.92 Å². The minimum atomic E-state index is -0.0557. The average Bonchev–Trinajstić information content (AvgIpc) is 2.74. The van der Waals surface area contributed by atoms with Gasteiger partial charge in [0.2, 0.25) is 5.91 Å². The summed E-state index contributed by atoms with van der Waals surface area (Å²) in [6.07, 6.45) is 2.35. The van der Waals surface area contributed by atoms with Gasteiger partial charge in [-0.05, 0) is 43.0 Å². The molecule has 1 aliphatic heterocycles. The predicted molar refractivity (Wildman–Crippen MR) is 110 cm³/mol. The molecule has 0 aromatic heterocycles. The van der Waals surface area contributed by atoms with Crippen LogP contribution in [0.2, 0.25) is 0 Å². The molecule has 1 amide bonds. The highest BCUT2D eigenvalue weighted by Gasteiger charge is 2.20. The summed E-state index contributed by atoms with van der Waals surface area (Å²) in [7, 11) is 0. The zero-order valence-corrected chi connectivity index (χ0v) is 16.4. The molecule has 1 fully saturated rings. The van der Waals surface area contributed by atoms with Crippen molar-refractivity contribution in [3.05, 3.63) is 66.2 Å². The number of ether oxygens (including phenoxy) is 2. The van der Waals surface area contributed by atoms with Gasteiger partial charge in [-0.3, -0.25) is 9.69 Å². The van der Waals surface area contributed by atoms with E-state index in [2.05, 4.69) is 34.5 Å². The molecule has 2 aromatic rings. The molecule has 0 aliphatic carbocycles. The molecule has 1 atom stereocenters. The third-order valence-corrected chi connectivity index (χ3v) is 4.91. The molecule has 1 N–H and O–H groups in total. The van der Waals surface area contributed by atoms with E-state index >= 15 is 0 Å². The van der Waals surface area contributed by atoms with Gasteiger partial charge in [0.05, 0.1) is 6.61 Å². The van der Waals surface area contributed by atoms with Crippen LogP contribution in [0.5, 0.6) is 5.75 Å². The van der Waals surface area contributed by atoms with Crippen molar-refractivity contribution in [2.24, 2.45) is 5.92 Å². The number of nitrogens with zero attached hydrogens (tertiary/aromatic N) is 1. The number of piperidine rings is 1. The summed E-state index contributed by atoms with van der Waals surface area (Å²) in [4.78, 5) is 14.5. The van der Waals surface area contributed by atoms with E-state index in [0.717, 1.165) is 31.8 Å². The van der Waals surface area contributed by atoms with Gasteiger partial charge >= 0.3 is 0 Å². The molecule has 28 heavy (non-hydrogen) atoms. The Morgan fingerprint density at radius 1 is 1.04 bits per heavy atom. The van der Waals surface area contributed by atoms with Crippen molar-refractivity contribution in [1.29, 1.82) is 0 Å². The largest absolute Gasteiger partial charge is 0.491 e. The monoisotopic (exact) mass is 382 g/mol. The maximum atomic E-state index is 12.0. The van der Waals surface area contributed by atoms with Crippen molar-refractivity contribution in [2.45, 2.75) is 19.4 Å². The topological polar surface area (TPSA) is 50.8 Å². The summed E-state index contributed by atoms with van der Waals surface area (Å²) < 4.78 is 11.0. The molecule has 1 heterocycles. The van der Waals surface area contributed by atoms with Crippen molar-refractivity contribution < 1.29 is 14.3 Å². The Morgan fingerprint density at radius 3 is 2.57 bits per heavy atom. The summed E-state index contributed by atoms with van der Waals surface area (Å²) in [5.41, 5.74) is 1.35. The Bertz CT molecular complexity index is 694. The number of carbonyl (C=O) groups is 1. The van der Waals surface area contributed by atoms with Gasteiger partial charge in [0.25, 0.3) is 0 Å². The Kier molecular flexibility index (Phi) is 8.34. The van der Waals surface area contributed by atoms with Crippen LogP contribution in [-0.4, -0.2) is 50.3 Å². The van der Waals surface area contributed by atoms with Gasteiger partial charge in [-0.2, -0.15) is 0 Å². The molecule has 5 heteroatoms. The number of para-hydroxylation sites is 1. The van der Waals surface area contributed by atoms with Gasteiger partial charge in [0.15, 0.2) is 0 Å². The zero-order chi connectivity index (χ0) is 19.4. The smallest absolute Gasteiger partial charge is 0.246 e. The second kappa shape index (κ2) is 11.5. The Balaban J connectivity index is 1.26. The van der Waals surface area contributed by atoms with Crippen LogP contribution >= 0.6 is 0 Å². The molecule has 0 spiro atoms. The molecule has 1 saturated heterocycles. The number of benzene rings is 2. The quantitative estimate of drug-likeness (QED) is 0.642. The van der Waals surface area contributed by atoms with Gasteiger partial charge in [-0.25, -0.2) is 0 Å². The Labute approximate surface area is 167 Å². The van der Waals surface area contributed by atoms with Gasteiger partial charge in [0.1, 0.15) is 19.0 Å². The van der Waals surface area contributed by atoms with E-state index < -0.39 is 0 Å². The lowest BCUT2D eigenvalue weighted by Gasteiger charge is -2.32. The lowest BCUT2D eigenvalue weighted by molar-refractivity contribution is -0.126.